The Morgan fingerprint density at radius 2 is 1.78 bits per heavy atom. The van der Waals surface area contributed by atoms with Gasteiger partial charge < -0.3 is 4.42 Å². The summed E-state index contributed by atoms with van der Waals surface area (Å²) in [6.07, 6.45) is 1.74. The average molecular weight is 436 g/mol. The van der Waals surface area contributed by atoms with Gasteiger partial charge in [-0.15, -0.1) is 0 Å². The second-order valence-electron chi connectivity index (χ2n) is 7.29. The first-order chi connectivity index (χ1) is 15.6. The van der Waals surface area contributed by atoms with Crippen molar-refractivity contribution in [2.24, 2.45) is 4.99 Å². The number of amides is 1. The third-order valence-electron chi connectivity index (χ3n) is 5.16. The minimum absolute atomic E-state index is 0.120. The smallest absolute Gasteiger partial charge is 0.266 e. The number of carbonyl (C=O) groups is 1. The van der Waals surface area contributed by atoms with Gasteiger partial charge in [0, 0.05) is 18.7 Å². The van der Waals surface area contributed by atoms with Gasteiger partial charge in [-0.05, 0) is 71.1 Å². The minimum atomic E-state index is -0.120. The summed E-state index contributed by atoms with van der Waals surface area (Å²) in [5.41, 5.74) is 2.26. The molecule has 0 radical (unpaired) electrons. The Balaban J connectivity index is 1.40. The summed E-state index contributed by atoms with van der Waals surface area (Å²) in [6, 6.07) is 27.0. The van der Waals surface area contributed by atoms with Crippen molar-refractivity contribution in [1.82, 2.24) is 4.90 Å². The Labute approximate surface area is 189 Å². The fraction of sp³-hybridized carbons (Fsp3) is 0.0385. The second kappa shape index (κ2) is 8.22. The predicted octanol–water partition coefficient (Wildman–Crippen LogP) is 6.21. The molecular weight excluding hydrogens is 418 g/mol. The van der Waals surface area contributed by atoms with Crippen LogP contribution in [0.1, 0.15) is 11.3 Å². The topological polar surface area (TPSA) is 69.6 Å². The van der Waals surface area contributed by atoms with Crippen LogP contribution < -0.4 is 0 Å². The molecule has 1 aliphatic heterocycles. The number of nitrogens with zero attached hydrogens (tertiary/aromatic N) is 3. The average Bonchev–Trinajstić information content (AvgIpc) is 3.40. The first-order valence-corrected chi connectivity index (χ1v) is 10.8. The number of aliphatic imine (C=N–C) groups is 1. The van der Waals surface area contributed by atoms with Crippen molar-refractivity contribution in [3.63, 3.8) is 0 Å². The van der Waals surface area contributed by atoms with Crippen molar-refractivity contribution in [3.8, 4) is 17.4 Å². The molecule has 1 saturated heterocycles. The Hall–Kier alpha value is -4.08. The zero-order valence-corrected chi connectivity index (χ0v) is 18.0. The predicted molar refractivity (Wildman–Crippen MR) is 128 cm³/mol. The number of fused-ring (bicyclic) bond motifs is 1. The van der Waals surface area contributed by atoms with Crippen LogP contribution >= 0.6 is 11.8 Å². The van der Waals surface area contributed by atoms with Crippen LogP contribution in [0.2, 0.25) is 0 Å². The van der Waals surface area contributed by atoms with Gasteiger partial charge in [0.15, 0.2) is 5.17 Å². The molecule has 0 atom stereocenters. The maximum absolute atomic E-state index is 12.8. The van der Waals surface area contributed by atoms with E-state index >= 15 is 0 Å². The van der Waals surface area contributed by atoms with Crippen LogP contribution in [0.5, 0.6) is 0 Å². The molecule has 4 aromatic rings. The van der Waals surface area contributed by atoms with Crippen LogP contribution in [0, 0.1) is 11.3 Å². The van der Waals surface area contributed by atoms with Gasteiger partial charge in [-0.3, -0.25) is 9.69 Å². The Kier molecular flexibility index (Phi) is 5.10. The Bertz CT molecular complexity index is 1440. The zero-order valence-electron chi connectivity index (χ0n) is 17.1. The molecule has 0 unspecified atom stereocenters. The van der Waals surface area contributed by atoms with Crippen LogP contribution in [-0.2, 0) is 4.79 Å². The highest BCUT2D eigenvalue weighted by Crippen LogP contribution is 2.34. The van der Waals surface area contributed by atoms with E-state index in [1.54, 1.807) is 30.2 Å². The van der Waals surface area contributed by atoms with Crippen molar-refractivity contribution >= 4 is 45.4 Å². The standard InChI is InChI=1S/C26H17N3O2S/c1-29-25(30)24(15-22-12-13-23(31-22)19-8-6-17(16-27)7-9-19)32-26(29)28-21-11-10-18-4-2-3-5-20(18)14-21/h2-15H,1H3/b24-15-,28-26?. The number of furan rings is 1. The van der Waals surface area contributed by atoms with Gasteiger partial charge >= 0.3 is 0 Å². The number of nitriles is 1. The van der Waals surface area contributed by atoms with Gasteiger partial charge in [-0.1, -0.05) is 30.3 Å². The van der Waals surface area contributed by atoms with Crippen LogP contribution in [-0.4, -0.2) is 23.0 Å². The fourth-order valence-electron chi connectivity index (χ4n) is 3.43. The van der Waals surface area contributed by atoms with E-state index in [2.05, 4.69) is 17.1 Å². The molecule has 5 rings (SSSR count). The monoisotopic (exact) mass is 435 g/mol. The van der Waals surface area contributed by atoms with Gasteiger partial charge in [-0.2, -0.15) is 5.26 Å². The number of hydrogen-bond acceptors (Lipinski definition) is 5. The highest BCUT2D eigenvalue weighted by atomic mass is 32.2. The van der Waals surface area contributed by atoms with Crippen molar-refractivity contribution in [2.45, 2.75) is 0 Å². The van der Waals surface area contributed by atoms with Gasteiger partial charge in [0.05, 0.1) is 22.2 Å². The lowest BCUT2D eigenvalue weighted by Gasteiger charge is -2.07. The lowest BCUT2D eigenvalue weighted by molar-refractivity contribution is -0.121. The van der Waals surface area contributed by atoms with Crippen LogP contribution in [0.3, 0.4) is 0 Å². The number of hydrogen-bond donors (Lipinski definition) is 0. The highest BCUT2D eigenvalue weighted by molar-refractivity contribution is 8.18. The minimum Gasteiger partial charge on any atom is -0.457 e. The van der Waals surface area contributed by atoms with Gasteiger partial charge in [0.2, 0.25) is 0 Å². The summed E-state index contributed by atoms with van der Waals surface area (Å²) >= 11 is 1.32. The fourth-order valence-corrected chi connectivity index (χ4v) is 4.40. The van der Waals surface area contributed by atoms with Crippen molar-refractivity contribution in [2.75, 3.05) is 7.05 Å². The first-order valence-electron chi connectivity index (χ1n) is 9.96. The van der Waals surface area contributed by atoms with Gasteiger partial charge in [0.25, 0.3) is 5.91 Å². The molecule has 2 heterocycles. The molecule has 1 amide bonds. The summed E-state index contributed by atoms with van der Waals surface area (Å²) in [5, 5.41) is 11.8. The van der Waals surface area contributed by atoms with E-state index in [-0.39, 0.29) is 5.91 Å². The normalized spacial score (nSPS) is 16.2. The SMILES string of the molecule is CN1C(=O)/C(=C/c2ccc(-c3ccc(C#N)cc3)o2)SC1=Nc1ccc2ccccc2c1. The Morgan fingerprint density at radius 1 is 1.00 bits per heavy atom. The van der Waals surface area contributed by atoms with Gasteiger partial charge in [0.1, 0.15) is 11.5 Å². The first kappa shape index (κ1) is 19.9. The maximum Gasteiger partial charge on any atom is 0.266 e. The van der Waals surface area contributed by atoms with Crippen molar-refractivity contribution in [3.05, 3.63) is 95.1 Å². The summed E-state index contributed by atoms with van der Waals surface area (Å²) in [7, 11) is 1.72. The molecule has 1 fully saturated rings. The van der Waals surface area contributed by atoms with Crippen molar-refractivity contribution in [1.29, 1.82) is 5.26 Å². The second-order valence-corrected chi connectivity index (χ2v) is 8.30. The molecule has 3 aromatic carbocycles. The number of rotatable bonds is 3. The summed E-state index contributed by atoms with van der Waals surface area (Å²) in [4.78, 5) is 19.5. The summed E-state index contributed by atoms with van der Waals surface area (Å²) < 4.78 is 5.91. The van der Waals surface area contributed by atoms with E-state index in [4.69, 9.17) is 9.68 Å². The van der Waals surface area contributed by atoms with Crippen molar-refractivity contribution < 1.29 is 9.21 Å². The molecule has 6 heteroatoms. The molecule has 0 N–H and O–H groups in total. The number of likely N-dealkylation sites (N-methyl/N-ethyl adjacent to an activating group) is 1. The van der Waals surface area contributed by atoms with E-state index in [9.17, 15) is 4.79 Å². The molecule has 1 aliphatic rings. The highest BCUT2D eigenvalue weighted by Gasteiger charge is 2.30. The van der Waals surface area contributed by atoms with Crippen LogP contribution in [0.15, 0.2) is 93.2 Å². The number of thioether (sulfide) groups is 1. The Morgan fingerprint density at radius 3 is 2.56 bits per heavy atom. The summed E-state index contributed by atoms with van der Waals surface area (Å²) in [5.74, 6) is 1.14. The van der Waals surface area contributed by atoms with E-state index < -0.39 is 0 Å². The number of carbonyl (C=O) groups excluding carboxylic acids is 1. The number of benzene rings is 3. The summed E-state index contributed by atoms with van der Waals surface area (Å²) in [6.45, 7) is 0. The quantitative estimate of drug-likeness (QED) is 0.359. The molecule has 0 saturated carbocycles. The maximum atomic E-state index is 12.8. The molecule has 0 aliphatic carbocycles. The lowest BCUT2D eigenvalue weighted by Crippen LogP contribution is -2.23. The molecule has 0 bridgehead atoms. The van der Waals surface area contributed by atoms with E-state index in [1.807, 2.05) is 60.7 Å². The molecule has 0 spiro atoms. The van der Waals surface area contributed by atoms with Crippen LogP contribution in [0.25, 0.3) is 28.2 Å². The lowest BCUT2D eigenvalue weighted by atomic mass is 10.1. The van der Waals surface area contributed by atoms with E-state index in [0.29, 0.717) is 27.2 Å². The molecule has 154 valence electrons. The van der Waals surface area contributed by atoms with E-state index in [1.165, 1.54) is 11.8 Å². The van der Waals surface area contributed by atoms with Gasteiger partial charge in [-0.25, -0.2) is 4.99 Å². The third kappa shape index (κ3) is 3.82. The largest absolute Gasteiger partial charge is 0.457 e. The van der Waals surface area contributed by atoms with Crippen LogP contribution in [0.4, 0.5) is 5.69 Å². The zero-order chi connectivity index (χ0) is 22.1. The molecule has 5 nitrogen and oxygen atoms in total. The van der Waals surface area contributed by atoms with E-state index in [0.717, 1.165) is 22.0 Å². The molecular formula is C26H17N3O2S. The number of amidine groups is 1. The molecule has 32 heavy (non-hydrogen) atoms. The third-order valence-corrected chi connectivity index (χ3v) is 6.22. The molecule has 1 aromatic heterocycles.